The summed E-state index contributed by atoms with van der Waals surface area (Å²) in [5, 5.41) is 13.8. The lowest BCUT2D eigenvalue weighted by Crippen LogP contribution is -2.51. The van der Waals surface area contributed by atoms with E-state index < -0.39 is 29.2 Å². The lowest BCUT2D eigenvalue weighted by atomic mass is 9.87. The highest BCUT2D eigenvalue weighted by Gasteiger charge is 2.32. The standard InChI is InChI=1S/C13H18N4O4.C4H10/c1-13(2,3)10(12(20)21)17-9(18)7-16-11(19)8-6-14-4-5-15-8;1-3-4-2/h4-6,10H,7H2,1-3H3,(H,16,19)(H,17,18)(H,20,21);3-4H2,1-2H3. The van der Waals surface area contributed by atoms with Crippen molar-refractivity contribution >= 4 is 17.8 Å². The maximum absolute atomic E-state index is 11.7. The normalized spacial score (nSPS) is 11.6. The molecule has 0 saturated carbocycles. The van der Waals surface area contributed by atoms with Gasteiger partial charge in [0.15, 0.2) is 0 Å². The Kier molecular flexibility index (Phi) is 10.00. The number of unbranched alkanes of at least 4 members (excludes halogenated alkanes) is 1. The molecule has 0 radical (unpaired) electrons. The third-order valence-electron chi connectivity index (χ3n) is 3.12. The quantitative estimate of drug-likeness (QED) is 0.715. The van der Waals surface area contributed by atoms with Gasteiger partial charge in [-0.1, -0.05) is 47.5 Å². The minimum Gasteiger partial charge on any atom is -0.480 e. The van der Waals surface area contributed by atoms with Crippen LogP contribution in [0.5, 0.6) is 0 Å². The van der Waals surface area contributed by atoms with Gasteiger partial charge in [0.25, 0.3) is 5.91 Å². The minimum atomic E-state index is -1.13. The van der Waals surface area contributed by atoms with Gasteiger partial charge in [-0.3, -0.25) is 14.6 Å². The Labute approximate surface area is 148 Å². The number of carboxylic acid groups (broad SMARTS) is 1. The Hall–Kier alpha value is -2.51. The van der Waals surface area contributed by atoms with Crippen molar-refractivity contribution < 1.29 is 19.5 Å². The van der Waals surface area contributed by atoms with Crippen LogP contribution in [0.15, 0.2) is 18.6 Å². The van der Waals surface area contributed by atoms with Crippen LogP contribution in [-0.2, 0) is 9.59 Å². The average Bonchev–Trinajstić information content (AvgIpc) is 2.57. The average molecular weight is 352 g/mol. The fourth-order valence-electron chi connectivity index (χ4n) is 1.53. The topological polar surface area (TPSA) is 121 Å². The fraction of sp³-hybridized carbons (Fsp3) is 0.588. The van der Waals surface area contributed by atoms with E-state index in [9.17, 15) is 14.4 Å². The highest BCUT2D eigenvalue weighted by Crippen LogP contribution is 2.19. The van der Waals surface area contributed by atoms with E-state index >= 15 is 0 Å². The number of hydrogen-bond donors (Lipinski definition) is 3. The van der Waals surface area contributed by atoms with Crippen LogP contribution in [0, 0.1) is 5.41 Å². The fourth-order valence-corrected chi connectivity index (χ4v) is 1.53. The molecule has 0 aliphatic carbocycles. The van der Waals surface area contributed by atoms with Crippen LogP contribution in [-0.4, -0.2) is 45.4 Å². The molecule has 8 heteroatoms. The number of hydrogen-bond acceptors (Lipinski definition) is 5. The van der Waals surface area contributed by atoms with Gasteiger partial charge in [-0.05, 0) is 5.41 Å². The SMILES string of the molecule is CC(C)(C)C(NC(=O)CNC(=O)c1cnccn1)C(=O)O.CCCC. The van der Waals surface area contributed by atoms with E-state index in [1.54, 1.807) is 20.8 Å². The second-order valence-corrected chi connectivity index (χ2v) is 6.48. The van der Waals surface area contributed by atoms with Crippen LogP contribution in [0.25, 0.3) is 0 Å². The van der Waals surface area contributed by atoms with Crippen molar-refractivity contribution in [2.75, 3.05) is 6.54 Å². The van der Waals surface area contributed by atoms with Crippen molar-refractivity contribution in [3.8, 4) is 0 Å². The van der Waals surface area contributed by atoms with Gasteiger partial charge in [0.2, 0.25) is 5.91 Å². The van der Waals surface area contributed by atoms with Crippen molar-refractivity contribution in [1.82, 2.24) is 20.6 Å². The van der Waals surface area contributed by atoms with Gasteiger partial charge in [-0.25, -0.2) is 9.78 Å². The van der Waals surface area contributed by atoms with E-state index in [1.807, 2.05) is 0 Å². The third kappa shape index (κ3) is 9.39. The number of amides is 2. The summed E-state index contributed by atoms with van der Waals surface area (Å²) in [5.74, 6) is -2.27. The second-order valence-electron chi connectivity index (χ2n) is 6.48. The zero-order valence-electron chi connectivity index (χ0n) is 15.5. The molecule has 0 saturated heterocycles. The maximum atomic E-state index is 11.7. The molecule has 0 aromatic carbocycles. The third-order valence-corrected chi connectivity index (χ3v) is 3.12. The van der Waals surface area contributed by atoms with Crippen molar-refractivity contribution in [1.29, 1.82) is 0 Å². The number of carboxylic acids is 1. The number of rotatable bonds is 6. The molecule has 1 heterocycles. The molecule has 1 aromatic heterocycles. The molecule has 0 bridgehead atoms. The number of carbonyl (C=O) groups is 3. The van der Waals surface area contributed by atoms with E-state index in [0.29, 0.717) is 0 Å². The smallest absolute Gasteiger partial charge is 0.326 e. The van der Waals surface area contributed by atoms with Gasteiger partial charge in [-0.15, -0.1) is 0 Å². The van der Waals surface area contributed by atoms with E-state index in [1.165, 1.54) is 31.4 Å². The first-order valence-electron chi connectivity index (χ1n) is 8.19. The number of aliphatic carboxylic acids is 1. The van der Waals surface area contributed by atoms with E-state index in [-0.39, 0.29) is 12.2 Å². The molecule has 0 fully saturated rings. The maximum Gasteiger partial charge on any atom is 0.326 e. The summed E-state index contributed by atoms with van der Waals surface area (Å²) >= 11 is 0. The lowest BCUT2D eigenvalue weighted by molar-refractivity contribution is -0.144. The summed E-state index contributed by atoms with van der Waals surface area (Å²) in [6.07, 6.45) is 6.68. The van der Waals surface area contributed by atoms with Crippen LogP contribution in [0.4, 0.5) is 0 Å². The van der Waals surface area contributed by atoms with E-state index in [2.05, 4.69) is 34.4 Å². The van der Waals surface area contributed by atoms with Crippen molar-refractivity contribution in [3.05, 3.63) is 24.3 Å². The largest absolute Gasteiger partial charge is 0.480 e. The number of nitrogens with one attached hydrogen (secondary N) is 2. The molecule has 0 aliphatic heterocycles. The van der Waals surface area contributed by atoms with Crippen LogP contribution < -0.4 is 10.6 Å². The van der Waals surface area contributed by atoms with E-state index in [4.69, 9.17) is 5.11 Å². The Bertz CT molecular complexity index is 554. The molecule has 1 rings (SSSR count). The van der Waals surface area contributed by atoms with Crippen molar-refractivity contribution in [3.63, 3.8) is 0 Å². The van der Waals surface area contributed by atoms with Gasteiger partial charge in [-0.2, -0.15) is 0 Å². The van der Waals surface area contributed by atoms with Crippen molar-refractivity contribution in [2.24, 2.45) is 5.41 Å². The lowest BCUT2D eigenvalue weighted by Gasteiger charge is -2.27. The molecule has 0 spiro atoms. The number of nitrogens with zero attached hydrogens (tertiary/aromatic N) is 2. The molecule has 0 aliphatic rings. The summed E-state index contributed by atoms with van der Waals surface area (Å²) in [5.41, 5.74) is -0.563. The number of carbonyl (C=O) groups excluding carboxylic acids is 2. The zero-order valence-corrected chi connectivity index (χ0v) is 15.5. The molecule has 140 valence electrons. The van der Waals surface area contributed by atoms with Crippen LogP contribution >= 0.6 is 0 Å². The predicted molar refractivity (Wildman–Crippen MR) is 94.0 cm³/mol. The molecule has 8 nitrogen and oxygen atoms in total. The van der Waals surface area contributed by atoms with Crippen LogP contribution in [0.2, 0.25) is 0 Å². The van der Waals surface area contributed by atoms with Gasteiger partial charge < -0.3 is 15.7 Å². The van der Waals surface area contributed by atoms with Crippen molar-refractivity contribution in [2.45, 2.75) is 53.5 Å². The summed E-state index contributed by atoms with van der Waals surface area (Å²) in [7, 11) is 0. The monoisotopic (exact) mass is 352 g/mol. The first kappa shape index (κ1) is 22.5. The Morgan fingerprint density at radius 2 is 1.76 bits per heavy atom. The minimum absolute atomic E-state index is 0.0795. The highest BCUT2D eigenvalue weighted by molar-refractivity contribution is 5.95. The Morgan fingerprint density at radius 1 is 1.16 bits per heavy atom. The molecule has 3 N–H and O–H groups in total. The van der Waals surface area contributed by atoms with Gasteiger partial charge in [0.05, 0.1) is 12.7 Å². The summed E-state index contributed by atoms with van der Waals surface area (Å²) in [6.45, 7) is 9.12. The molecule has 1 atom stereocenters. The van der Waals surface area contributed by atoms with Crippen LogP contribution in [0.1, 0.15) is 57.9 Å². The first-order chi connectivity index (χ1) is 11.6. The van der Waals surface area contributed by atoms with Gasteiger partial charge in [0, 0.05) is 12.4 Å². The molecule has 1 unspecified atom stereocenters. The molecule has 2 amide bonds. The summed E-state index contributed by atoms with van der Waals surface area (Å²) in [6, 6.07) is -1.04. The zero-order chi connectivity index (χ0) is 19.5. The highest BCUT2D eigenvalue weighted by atomic mass is 16.4. The van der Waals surface area contributed by atoms with Gasteiger partial charge in [0.1, 0.15) is 11.7 Å². The summed E-state index contributed by atoms with van der Waals surface area (Å²) in [4.78, 5) is 42.0. The first-order valence-corrected chi connectivity index (χ1v) is 8.19. The number of aromatic nitrogens is 2. The molecular formula is C17H28N4O4. The van der Waals surface area contributed by atoms with Crippen LogP contribution in [0.3, 0.4) is 0 Å². The summed E-state index contributed by atoms with van der Waals surface area (Å²) < 4.78 is 0. The second kappa shape index (κ2) is 11.1. The Morgan fingerprint density at radius 3 is 2.16 bits per heavy atom. The molecule has 25 heavy (non-hydrogen) atoms. The van der Waals surface area contributed by atoms with Gasteiger partial charge >= 0.3 is 5.97 Å². The predicted octanol–water partition coefficient (Wildman–Crippen LogP) is 1.63. The molecular weight excluding hydrogens is 324 g/mol. The molecule has 1 aromatic rings. The van der Waals surface area contributed by atoms with E-state index in [0.717, 1.165) is 0 Å². The Balaban J connectivity index is 0.00000129.